The second-order valence-electron chi connectivity index (χ2n) is 5.88. The van der Waals surface area contributed by atoms with Crippen LogP contribution in [0, 0.1) is 17.3 Å². The van der Waals surface area contributed by atoms with Crippen molar-refractivity contribution in [2.75, 3.05) is 26.4 Å². The average molecular weight is 244 g/mol. The first-order valence-corrected chi connectivity index (χ1v) is 6.94. The molecular formula is C14H28O3. The van der Waals surface area contributed by atoms with Gasteiger partial charge in [-0.05, 0) is 31.1 Å². The predicted octanol–water partition coefficient (Wildman–Crippen LogP) is 2.21. The molecule has 0 aromatic rings. The molecule has 1 fully saturated rings. The van der Waals surface area contributed by atoms with E-state index in [0.29, 0.717) is 18.4 Å². The van der Waals surface area contributed by atoms with Gasteiger partial charge in [-0.3, -0.25) is 0 Å². The average Bonchev–Trinajstić information content (AvgIpc) is 2.84. The Labute approximate surface area is 105 Å². The highest BCUT2D eigenvalue weighted by Crippen LogP contribution is 2.41. The van der Waals surface area contributed by atoms with Crippen LogP contribution in [0.15, 0.2) is 0 Å². The Balaban J connectivity index is 2.40. The minimum Gasteiger partial charge on any atom is -0.396 e. The zero-order chi connectivity index (χ0) is 12.7. The maximum absolute atomic E-state index is 9.63. The second kappa shape index (κ2) is 7.34. The normalized spacial score (nSPS) is 18.2. The molecule has 1 aliphatic carbocycles. The molecule has 102 valence electrons. The van der Waals surface area contributed by atoms with Crippen molar-refractivity contribution in [3.63, 3.8) is 0 Å². The van der Waals surface area contributed by atoms with E-state index in [0.717, 1.165) is 25.9 Å². The van der Waals surface area contributed by atoms with Crippen molar-refractivity contribution >= 4 is 0 Å². The van der Waals surface area contributed by atoms with Crippen LogP contribution in [-0.4, -0.2) is 36.6 Å². The molecule has 3 heteroatoms. The van der Waals surface area contributed by atoms with E-state index in [1.54, 1.807) is 0 Å². The van der Waals surface area contributed by atoms with Crippen LogP contribution < -0.4 is 0 Å². The standard InChI is InChI=1S/C14H28O3/c1-12(2)9-17-8-7-14(10-15,11-16)13-5-3-4-6-13/h12-13,15-16H,3-11H2,1-2H3. The molecule has 0 heterocycles. The van der Waals surface area contributed by atoms with Gasteiger partial charge in [0.25, 0.3) is 0 Å². The van der Waals surface area contributed by atoms with Crippen LogP contribution in [0.4, 0.5) is 0 Å². The third-order valence-corrected chi connectivity index (χ3v) is 4.05. The van der Waals surface area contributed by atoms with Crippen LogP contribution in [0.1, 0.15) is 46.0 Å². The topological polar surface area (TPSA) is 49.7 Å². The summed E-state index contributed by atoms with van der Waals surface area (Å²) in [6.07, 6.45) is 5.53. The van der Waals surface area contributed by atoms with Gasteiger partial charge in [0, 0.05) is 18.6 Å². The zero-order valence-electron chi connectivity index (χ0n) is 11.3. The maximum atomic E-state index is 9.63. The third-order valence-electron chi connectivity index (χ3n) is 4.05. The van der Waals surface area contributed by atoms with Crippen molar-refractivity contribution in [3.05, 3.63) is 0 Å². The lowest BCUT2D eigenvalue weighted by molar-refractivity contribution is -0.0263. The van der Waals surface area contributed by atoms with Gasteiger partial charge in [0.05, 0.1) is 13.2 Å². The number of aliphatic hydroxyl groups excluding tert-OH is 2. The van der Waals surface area contributed by atoms with Gasteiger partial charge >= 0.3 is 0 Å². The molecule has 0 radical (unpaired) electrons. The molecule has 17 heavy (non-hydrogen) atoms. The van der Waals surface area contributed by atoms with Crippen molar-refractivity contribution in [2.45, 2.75) is 46.0 Å². The molecule has 1 aliphatic rings. The van der Waals surface area contributed by atoms with Gasteiger partial charge in [-0.1, -0.05) is 26.7 Å². The minimum atomic E-state index is -0.312. The molecule has 1 rings (SSSR count). The summed E-state index contributed by atoms with van der Waals surface area (Å²) < 4.78 is 5.59. The van der Waals surface area contributed by atoms with E-state index in [2.05, 4.69) is 13.8 Å². The van der Waals surface area contributed by atoms with E-state index < -0.39 is 0 Å². The molecule has 2 N–H and O–H groups in total. The molecule has 0 aliphatic heterocycles. The van der Waals surface area contributed by atoms with E-state index in [9.17, 15) is 10.2 Å². The maximum Gasteiger partial charge on any atom is 0.0512 e. The smallest absolute Gasteiger partial charge is 0.0512 e. The van der Waals surface area contributed by atoms with Gasteiger partial charge in [-0.15, -0.1) is 0 Å². The highest BCUT2D eigenvalue weighted by molar-refractivity contribution is 4.88. The van der Waals surface area contributed by atoms with E-state index in [1.165, 1.54) is 12.8 Å². The van der Waals surface area contributed by atoms with Crippen molar-refractivity contribution in [3.8, 4) is 0 Å². The quantitative estimate of drug-likeness (QED) is 0.644. The Kier molecular flexibility index (Phi) is 6.45. The van der Waals surface area contributed by atoms with Gasteiger partial charge < -0.3 is 14.9 Å². The summed E-state index contributed by atoms with van der Waals surface area (Å²) in [4.78, 5) is 0. The molecule has 0 aromatic carbocycles. The van der Waals surface area contributed by atoms with Crippen molar-refractivity contribution < 1.29 is 14.9 Å². The fourth-order valence-corrected chi connectivity index (χ4v) is 2.80. The first-order valence-electron chi connectivity index (χ1n) is 6.94. The van der Waals surface area contributed by atoms with E-state index in [4.69, 9.17) is 4.74 Å². The molecule has 0 amide bonds. The van der Waals surface area contributed by atoms with Gasteiger partial charge in [0.1, 0.15) is 0 Å². The predicted molar refractivity (Wildman–Crippen MR) is 68.8 cm³/mol. The van der Waals surface area contributed by atoms with Gasteiger partial charge in [-0.2, -0.15) is 0 Å². The fraction of sp³-hybridized carbons (Fsp3) is 1.00. The minimum absolute atomic E-state index is 0.0825. The van der Waals surface area contributed by atoms with Crippen LogP contribution >= 0.6 is 0 Å². The van der Waals surface area contributed by atoms with Crippen LogP contribution in [0.25, 0.3) is 0 Å². The molecule has 1 saturated carbocycles. The molecule has 0 saturated heterocycles. The summed E-state index contributed by atoms with van der Waals surface area (Å²) in [7, 11) is 0. The highest BCUT2D eigenvalue weighted by Gasteiger charge is 2.38. The Bertz CT molecular complexity index is 194. The van der Waals surface area contributed by atoms with Crippen LogP contribution in [0.3, 0.4) is 0 Å². The largest absolute Gasteiger partial charge is 0.396 e. The molecule has 0 unspecified atom stereocenters. The lowest BCUT2D eigenvalue weighted by atomic mass is 9.73. The monoisotopic (exact) mass is 244 g/mol. The number of hydrogen-bond acceptors (Lipinski definition) is 3. The molecule has 0 spiro atoms. The molecule has 0 atom stereocenters. The van der Waals surface area contributed by atoms with E-state index >= 15 is 0 Å². The van der Waals surface area contributed by atoms with E-state index in [1.807, 2.05) is 0 Å². The van der Waals surface area contributed by atoms with Gasteiger partial charge in [-0.25, -0.2) is 0 Å². The molecule has 0 aromatic heterocycles. The Morgan fingerprint density at radius 1 is 1.18 bits per heavy atom. The number of aliphatic hydroxyl groups is 2. The van der Waals surface area contributed by atoms with Crippen molar-refractivity contribution in [2.24, 2.45) is 17.3 Å². The van der Waals surface area contributed by atoms with Crippen LogP contribution in [0.5, 0.6) is 0 Å². The SMILES string of the molecule is CC(C)COCCC(CO)(CO)C1CCCC1. The lowest BCUT2D eigenvalue weighted by Gasteiger charge is -2.36. The van der Waals surface area contributed by atoms with Crippen LogP contribution in [0.2, 0.25) is 0 Å². The first-order chi connectivity index (χ1) is 8.14. The summed E-state index contributed by atoms with van der Waals surface area (Å²) in [5.41, 5.74) is -0.312. The summed E-state index contributed by atoms with van der Waals surface area (Å²) in [5.74, 6) is 1.01. The number of ether oxygens (including phenoxy) is 1. The van der Waals surface area contributed by atoms with Crippen molar-refractivity contribution in [1.82, 2.24) is 0 Å². The highest BCUT2D eigenvalue weighted by atomic mass is 16.5. The van der Waals surface area contributed by atoms with Crippen LogP contribution in [-0.2, 0) is 4.74 Å². The summed E-state index contributed by atoms with van der Waals surface area (Å²) in [6, 6.07) is 0. The molecular weight excluding hydrogens is 216 g/mol. The number of hydrogen-bond donors (Lipinski definition) is 2. The number of rotatable bonds is 8. The third kappa shape index (κ3) is 4.23. The van der Waals surface area contributed by atoms with E-state index in [-0.39, 0.29) is 18.6 Å². The summed E-state index contributed by atoms with van der Waals surface area (Å²) in [5, 5.41) is 19.3. The summed E-state index contributed by atoms with van der Waals surface area (Å²) in [6.45, 7) is 5.83. The Hall–Kier alpha value is -0.120. The summed E-state index contributed by atoms with van der Waals surface area (Å²) >= 11 is 0. The van der Waals surface area contributed by atoms with Gasteiger partial charge in [0.15, 0.2) is 0 Å². The molecule has 0 bridgehead atoms. The Morgan fingerprint density at radius 2 is 1.76 bits per heavy atom. The first kappa shape index (κ1) is 14.9. The fourth-order valence-electron chi connectivity index (χ4n) is 2.80. The molecule has 3 nitrogen and oxygen atoms in total. The second-order valence-corrected chi connectivity index (χ2v) is 5.88. The lowest BCUT2D eigenvalue weighted by Crippen LogP contribution is -2.38. The zero-order valence-corrected chi connectivity index (χ0v) is 11.3. The van der Waals surface area contributed by atoms with Gasteiger partial charge in [0.2, 0.25) is 0 Å². The van der Waals surface area contributed by atoms with Crippen molar-refractivity contribution in [1.29, 1.82) is 0 Å². The Morgan fingerprint density at radius 3 is 2.24 bits per heavy atom.